The van der Waals surface area contributed by atoms with E-state index < -0.39 is 21.7 Å². The smallest absolute Gasteiger partial charge is 0.243 e. The monoisotopic (exact) mass is 341 g/mol. The van der Waals surface area contributed by atoms with Crippen molar-refractivity contribution in [2.45, 2.75) is 11.8 Å². The van der Waals surface area contributed by atoms with E-state index in [0.717, 1.165) is 22.0 Å². The molecule has 2 rings (SSSR count). The highest BCUT2D eigenvalue weighted by molar-refractivity contribution is 7.89. The van der Waals surface area contributed by atoms with Crippen molar-refractivity contribution in [3.8, 4) is 5.75 Å². The zero-order chi connectivity index (χ0) is 17.0. The van der Waals surface area contributed by atoms with Gasteiger partial charge in [0.1, 0.15) is 12.4 Å². The lowest BCUT2D eigenvalue weighted by molar-refractivity contribution is 0.287. The number of sulfonamides is 1. The summed E-state index contributed by atoms with van der Waals surface area (Å²) in [6, 6.07) is 9.85. The number of aryl methyl sites for hydroxylation is 1. The minimum absolute atomic E-state index is 0.0786. The number of nitrogens with zero attached hydrogens (tertiary/aromatic N) is 1. The molecule has 0 saturated carbocycles. The van der Waals surface area contributed by atoms with E-state index in [2.05, 4.69) is 0 Å². The molecular formula is C16H17F2NO3S. The fraction of sp³-hybridized carbons (Fsp3) is 0.250. The molecule has 124 valence electrons. The summed E-state index contributed by atoms with van der Waals surface area (Å²) in [4.78, 5) is -0.297. The standard InChI is InChI=1S/C16H17F2NO3S/c1-12-3-5-13(6-4-12)22-10-9-19(2)23(20,21)14-7-8-15(17)16(18)11-14/h3-8,11H,9-10H2,1-2H3. The van der Waals surface area contributed by atoms with E-state index in [9.17, 15) is 17.2 Å². The maximum atomic E-state index is 13.2. The van der Waals surface area contributed by atoms with Gasteiger partial charge >= 0.3 is 0 Å². The SMILES string of the molecule is Cc1ccc(OCCN(C)S(=O)(=O)c2ccc(F)c(F)c2)cc1. The number of benzene rings is 2. The van der Waals surface area contributed by atoms with E-state index in [1.54, 1.807) is 12.1 Å². The summed E-state index contributed by atoms with van der Waals surface area (Å²) in [6.45, 7) is 2.17. The fourth-order valence-corrected chi connectivity index (χ4v) is 3.03. The van der Waals surface area contributed by atoms with E-state index >= 15 is 0 Å². The molecule has 0 bridgehead atoms. The van der Waals surface area contributed by atoms with Crippen LogP contribution in [-0.4, -0.2) is 32.9 Å². The van der Waals surface area contributed by atoms with Crippen LogP contribution in [0.4, 0.5) is 8.78 Å². The second kappa shape index (κ2) is 7.06. The topological polar surface area (TPSA) is 46.6 Å². The molecule has 0 aliphatic rings. The lowest BCUT2D eigenvalue weighted by atomic mass is 10.2. The Morgan fingerprint density at radius 1 is 1.04 bits per heavy atom. The van der Waals surface area contributed by atoms with Crippen LogP contribution < -0.4 is 4.74 Å². The highest BCUT2D eigenvalue weighted by Gasteiger charge is 2.22. The molecule has 0 atom stereocenters. The van der Waals surface area contributed by atoms with Crippen LogP contribution in [0.15, 0.2) is 47.4 Å². The van der Waals surface area contributed by atoms with Crippen LogP contribution in [0.5, 0.6) is 5.75 Å². The summed E-state index contributed by atoms with van der Waals surface area (Å²) >= 11 is 0. The number of ether oxygens (including phenoxy) is 1. The molecule has 2 aromatic rings. The molecule has 0 saturated heterocycles. The van der Waals surface area contributed by atoms with Crippen molar-refractivity contribution in [3.63, 3.8) is 0 Å². The summed E-state index contributed by atoms with van der Waals surface area (Å²) in [5.41, 5.74) is 1.09. The molecule has 0 radical (unpaired) electrons. The molecule has 4 nitrogen and oxygen atoms in total. The first-order chi connectivity index (χ1) is 10.8. The van der Waals surface area contributed by atoms with Gasteiger partial charge in [0.2, 0.25) is 10.0 Å². The van der Waals surface area contributed by atoms with Crippen LogP contribution in [0, 0.1) is 18.6 Å². The number of hydrogen-bond donors (Lipinski definition) is 0. The summed E-state index contributed by atoms with van der Waals surface area (Å²) < 4.78 is 57.1. The Kier molecular flexibility index (Phi) is 5.33. The van der Waals surface area contributed by atoms with Gasteiger partial charge in [0.25, 0.3) is 0 Å². The summed E-state index contributed by atoms with van der Waals surface area (Å²) in [6.07, 6.45) is 0. The maximum absolute atomic E-state index is 13.2. The molecule has 0 aliphatic heterocycles. The average molecular weight is 341 g/mol. The lowest BCUT2D eigenvalue weighted by Gasteiger charge is -2.17. The van der Waals surface area contributed by atoms with Crippen LogP contribution in [0.1, 0.15) is 5.56 Å². The molecule has 23 heavy (non-hydrogen) atoms. The van der Waals surface area contributed by atoms with Crippen molar-refractivity contribution in [3.05, 3.63) is 59.7 Å². The van der Waals surface area contributed by atoms with Gasteiger partial charge in [-0.1, -0.05) is 17.7 Å². The predicted octanol–water partition coefficient (Wildman–Crippen LogP) is 2.97. The van der Waals surface area contributed by atoms with E-state index in [4.69, 9.17) is 4.74 Å². The summed E-state index contributed by atoms with van der Waals surface area (Å²) in [5, 5.41) is 0. The fourth-order valence-electron chi connectivity index (χ4n) is 1.86. The van der Waals surface area contributed by atoms with Gasteiger partial charge in [-0.3, -0.25) is 0 Å². The largest absolute Gasteiger partial charge is 0.492 e. The predicted molar refractivity (Wildman–Crippen MR) is 82.8 cm³/mol. The van der Waals surface area contributed by atoms with Crippen molar-refractivity contribution in [2.75, 3.05) is 20.2 Å². The molecule has 0 unspecified atom stereocenters. The van der Waals surface area contributed by atoms with Gasteiger partial charge in [-0.2, -0.15) is 4.31 Å². The Bertz CT molecular complexity index is 776. The minimum atomic E-state index is -3.89. The number of halogens is 2. The van der Waals surface area contributed by atoms with Crippen molar-refractivity contribution in [1.82, 2.24) is 4.31 Å². The molecule has 7 heteroatoms. The molecule has 0 N–H and O–H groups in total. The van der Waals surface area contributed by atoms with Crippen LogP contribution >= 0.6 is 0 Å². The maximum Gasteiger partial charge on any atom is 0.243 e. The Morgan fingerprint density at radius 3 is 2.30 bits per heavy atom. The van der Waals surface area contributed by atoms with Crippen molar-refractivity contribution < 1.29 is 21.9 Å². The highest BCUT2D eigenvalue weighted by atomic mass is 32.2. The van der Waals surface area contributed by atoms with E-state index in [1.165, 1.54) is 7.05 Å². The third-order valence-electron chi connectivity index (χ3n) is 3.30. The van der Waals surface area contributed by atoms with Crippen molar-refractivity contribution >= 4 is 10.0 Å². The van der Waals surface area contributed by atoms with Gasteiger partial charge in [-0.05, 0) is 37.3 Å². The third-order valence-corrected chi connectivity index (χ3v) is 5.15. The summed E-state index contributed by atoms with van der Waals surface area (Å²) in [7, 11) is -2.54. The average Bonchev–Trinajstić information content (AvgIpc) is 2.51. The van der Waals surface area contributed by atoms with Gasteiger partial charge in [0, 0.05) is 13.6 Å². The molecule has 0 amide bonds. The van der Waals surface area contributed by atoms with Gasteiger partial charge in [-0.25, -0.2) is 17.2 Å². The Labute approximate surface area is 134 Å². The quantitative estimate of drug-likeness (QED) is 0.811. The molecule has 0 heterocycles. The number of rotatable bonds is 6. The second-order valence-electron chi connectivity index (χ2n) is 5.06. The van der Waals surface area contributed by atoms with Crippen molar-refractivity contribution in [1.29, 1.82) is 0 Å². The third kappa shape index (κ3) is 4.27. The first-order valence-corrected chi connectivity index (χ1v) is 8.35. The second-order valence-corrected chi connectivity index (χ2v) is 7.11. The lowest BCUT2D eigenvalue weighted by Crippen LogP contribution is -2.31. The van der Waals surface area contributed by atoms with Gasteiger partial charge in [0.15, 0.2) is 11.6 Å². The van der Waals surface area contributed by atoms with Gasteiger partial charge in [0.05, 0.1) is 4.90 Å². The molecular weight excluding hydrogens is 324 g/mol. The highest BCUT2D eigenvalue weighted by Crippen LogP contribution is 2.17. The Balaban J connectivity index is 1.99. The number of hydrogen-bond acceptors (Lipinski definition) is 3. The normalized spacial score (nSPS) is 11.7. The van der Waals surface area contributed by atoms with E-state index in [1.807, 2.05) is 19.1 Å². The minimum Gasteiger partial charge on any atom is -0.492 e. The molecule has 0 spiro atoms. The molecule has 2 aromatic carbocycles. The van der Waals surface area contributed by atoms with Gasteiger partial charge in [-0.15, -0.1) is 0 Å². The molecule has 0 aromatic heterocycles. The van der Waals surface area contributed by atoms with Crippen LogP contribution in [0.3, 0.4) is 0 Å². The van der Waals surface area contributed by atoms with E-state index in [-0.39, 0.29) is 18.0 Å². The van der Waals surface area contributed by atoms with Gasteiger partial charge < -0.3 is 4.74 Å². The zero-order valence-corrected chi connectivity index (χ0v) is 13.6. The first-order valence-electron chi connectivity index (χ1n) is 6.91. The first kappa shape index (κ1) is 17.4. The van der Waals surface area contributed by atoms with E-state index in [0.29, 0.717) is 11.8 Å². The van der Waals surface area contributed by atoms with Crippen LogP contribution in [0.25, 0.3) is 0 Å². The van der Waals surface area contributed by atoms with Crippen molar-refractivity contribution in [2.24, 2.45) is 0 Å². The zero-order valence-electron chi connectivity index (χ0n) is 12.8. The Hall–Kier alpha value is -1.99. The summed E-state index contributed by atoms with van der Waals surface area (Å²) in [5.74, 6) is -1.65. The number of likely N-dealkylation sites (N-methyl/N-ethyl adjacent to an activating group) is 1. The Morgan fingerprint density at radius 2 is 1.70 bits per heavy atom. The van der Waals surface area contributed by atoms with Crippen LogP contribution in [-0.2, 0) is 10.0 Å². The molecule has 0 fully saturated rings. The molecule has 0 aliphatic carbocycles. The van der Waals surface area contributed by atoms with Crippen LogP contribution in [0.2, 0.25) is 0 Å².